The molecule has 0 bridgehead atoms. The molecule has 4 heterocycles. The molecule has 2 aromatic rings. The summed E-state index contributed by atoms with van der Waals surface area (Å²) < 4.78 is 17.5. The van der Waals surface area contributed by atoms with Crippen LogP contribution in [-0.4, -0.2) is 46.4 Å². The summed E-state index contributed by atoms with van der Waals surface area (Å²) >= 11 is 0. The highest BCUT2D eigenvalue weighted by Gasteiger charge is 2.44. The largest absolute Gasteiger partial charge is 0.371 e. The highest BCUT2D eigenvalue weighted by atomic mass is 16.6. The fourth-order valence-electron chi connectivity index (χ4n) is 4.12. The van der Waals surface area contributed by atoms with Crippen molar-refractivity contribution in [3.05, 3.63) is 47.1 Å². The molecule has 2 aliphatic rings. The van der Waals surface area contributed by atoms with Gasteiger partial charge in [0.25, 0.3) is 0 Å². The smallest absolute Gasteiger partial charge is 0.133 e. The summed E-state index contributed by atoms with van der Waals surface area (Å²) in [6, 6.07) is 8.06. The number of piperidine rings is 1. The van der Waals surface area contributed by atoms with Gasteiger partial charge in [-0.15, -0.1) is 0 Å². The van der Waals surface area contributed by atoms with Crippen LogP contribution < -0.4 is 0 Å². The number of likely N-dealkylation sites (tertiary alicyclic amines) is 1. The van der Waals surface area contributed by atoms with Crippen LogP contribution in [0.5, 0.6) is 0 Å². The zero-order chi connectivity index (χ0) is 18.0. The molecule has 6 heteroatoms. The Morgan fingerprint density at radius 1 is 1.31 bits per heavy atom. The normalized spacial score (nSPS) is 26.6. The summed E-state index contributed by atoms with van der Waals surface area (Å²) in [5.74, 6) is 0.863. The van der Waals surface area contributed by atoms with E-state index in [0.717, 1.165) is 61.7 Å². The van der Waals surface area contributed by atoms with Gasteiger partial charge in [-0.05, 0) is 45.4 Å². The van der Waals surface area contributed by atoms with Crippen molar-refractivity contribution in [2.45, 2.75) is 58.0 Å². The van der Waals surface area contributed by atoms with Crippen molar-refractivity contribution >= 4 is 0 Å². The van der Waals surface area contributed by atoms with Crippen LogP contribution in [0.2, 0.25) is 0 Å². The lowest BCUT2D eigenvalue weighted by molar-refractivity contribution is -0.0552. The monoisotopic (exact) mass is 357 g/mol. The Morgan fingerprint density at radius 2 is 2.23 bits per heavy atom. The molecule has 6 nitrogen and oxygen atoms in total. The first-order chi connectivity index (χ1) is 12.6. The zero-order valence-corrected chi connectivity index (χ0v) is 15.6. The van der Waals surface area contributed by atoms with E-state index in [1.54, 1.807) is 0 Å². The van der Waals surface area contributed by atoms with Crippen LogP contribution in [0.15, 0.2) is 28.8 Å². The van der Waals surface area contributed by atoms with Crippen molar-refractivity contribution in [1.82, 2.24) is 15.0 Å². The summed E-state index contributed by atoms with van der Waals surface area (Å²) in [6.45, 7) is 7.98. The van der Waals surface area contributed by atoms with Gasteiger partial charge in [0.15, 0.2) is 0 Å². The van der Waals surface area contributed by atoms with Crippen molar-refractivity contribution in [2.75, 3.05) is 19.7 Å². The molecule has 0 aliphatic carbocycles. The van der Waals surface area contributed by atoms with E-state index >= 15 is 0 Å². The van der Waals surface area contributed by atoms with Gasteiger partial charge in [0.2, 0.25) is 0 Å². The van der Waals surface area contributed by atoms with E-state index in [2.05, 4.69) is 15.0 Å². The summed E-state index contributed by atoms with van der Waals surface area (Å²) in [5, 5.41) is 4.12. The summed E-state index contributed by atoms with van der Waals surface area (Å²) in [5.41, 5.74) is 2.92. The fourth-order valence-corrected chi connectivity index (χ4v) is 4.12. The van der Waals surface area contributed by atoms with E-state index in [9.17, 15) is 0 Å². The van der Waals surface area contributed by atoms with Gasteiger partial charge in [-0.3, -0.25) is 9.88 Å². The van der Waals surface area contributed by atoms with Crippen LogP contribution in [0.4, 0.5) is 0 Å². The zero-order valence-electron chi connectivity index (χ0n) is 15.6. The van der Waals surface area contributed by atoms with E-state index in [0.29, 0.717) is 13.2 Å². The number of pyridine rings is 1. The number of aromatic nitrogens is 2. The fraction of sp³-hybridized carbons (Fsp3) is 0.600. The summed E-state index contributed by atoms with van der Waals surface area (Å²) in [4.78, 5) is 6.93. The van der Waals surface area contributed by atoms with Gasteiger partial charge >= 0.3 is 0 Å². The van der Waals surface area contributed by atoms with Crippen LogP contribution in [-0.2, 0) is 22.6 Å². The predicted octanol–water partition coefficient (Wildman–Crippen LogP) is 3.03. The maximum absolute atomic E-state index is 6.25. The Kier molecular flexibility index (Phi) is 5.07. The van der Waals surface area contributed by atoms with Crippen LogP contribution >= 0.6 is 0 Å². The number of hydrogen-bond donors (Lipinski definition) is 0. The Balaban J connectivity index is 1.31. The van der Waals surface area contributed by atoms with E-state index < -0.39 is 0 Å². The molecule has 4 rings (SSSR count). The molecule has 2 aliphatic heterocycles. The van der Waals surface area contributed by atoms with Gasteiger partial charge in [0.1, 0.15) is 5.76 Å². The molecule has 0 amide bonds. The highest BCUT2D eigenvalue weighted by Crippen LogP contribution is 2.36. The first-order valence-corrected chi connectivity index (χ1v) is 9.43. The van der Waals surface area contributed by atoms with E-state index in [1.165, 1.54) is 0 Å². The van der Waals surface area contributed by atoms with Crippen molar-refractivity contribution < 1.29 is 14.0 Å². The molecule has 2 fully saturated rings. The molecule has 0 radical (unpaired) electrons. The second-order valence-electron chi connectivity index (χ2n) is 7.64. The lowest BCUT2D eigenvalue weighted by atomic mass is 9.89. The van der Waals surface area contributed by atoms with Crippen molar-refractivity contribution in [2.24, 2.45) is 0 Å². The second kappa shape index (κ2) is 7.47. The minimum Gasteiger partial charge on any atom is -0.371 e. The van der Waals surface area contributed by atoms with Crippen molar-refractivity contribution in [3.8, 4) is 0 Å². The van der Waals surface area contributed by atoms with Crippen molar-refractivity contribution in [3.63, 3.8) is 0 Å². The van der Waals surface area contributed by atoms with Crippen LogP contribution in [0.1, 0.15) is 42.1 Å². The molecule has 2 saturated heterocycles. The molecule has 0 aromatic carbocycles. The highest BCUT2D eigenvalue weighted by molar-refractivity contribution is 5.09. The minimum atomic E-state index is -0.0816. The summed E-state index contributed by atoms with van der Waals surface area (Å²) in [6.07, 6.45) is 3.34. The van der Waals surface area contributed by atoms with Gasteiger partial charge in [-0.1, -0.05) is 11.2 Å². The van der Waals surface area contributed by atoms with E-state index in [4.69, 9.17) is 14.0 Å². The maximum Gasteiger partial charge on any atom is 0.133 e. The molecule has 0 unspecified atom stereocenters. The molecule has 2 atom stereocenters. The van der Waals surface area contributed by atoms with Crippen LogP contribution in [0.3, 0.4) is 0 Å². The number of ether oxygens (including phenoxy) is 2. The standard InChI is InChI=1S/C20H27N3O3/c1-15-5-3-6-17(21-15)12-24-19-10-20(25-13-19)7-4-8-23(14-20)11-18-9-16(2)26-22-18/h3,5-6,9,19H,4,7-8,10-14H2,1-2H3/t19-,20+/m0/s1. The minimum absolute atomic E-state index is 0.0816. The number of nitrogens with zero attached hydrogens (tertiary/aromatic N) is 3. The predicted molar refractivity (Wildman–Crippen MR) is 96.6 cm³/mol. The SMILES string of the molecule is Cc1cccc(CO[C@@H]2CO[C@]3(CCCN(Cc4cc(C)on4)C3)C2)n1. The first-order valence-electron chi connectivity index (χ1n) is 9.43. The molecule has 140 valence electrons. The molecule has 1 spiro atoms. The summed E-state index contributed by atoms with van der Waals surface area (Å²) in [7, 11) is 0. The van der Waals surface area contributed by atoms with Crippen LogP contribution in [0.25, 0.3) is 0 Å². The van der Waals surface area contributed by atoms with Gasteiger partial charge < -0.3 is 14.0 Å². The lowest BCUT2D eigenvalue weighted by Gasteiger charge is -2.39. The van der Waals surface area contributed by atoms with E-state index in [1.807, 2.05) is 38.1 Å². The Labute approximate surface area is 154 Å². The Bertz CT molecular complexity index is 747. The average Bonchev–Trinajstić information content (AvgIpc) is 3.20. The van der Waals surface area contributed by atoms with E-state index in [-0.39, 0.29) is 11.7 Å². The third-order valence-corrected chi connectivity index (χ3v) is 5.27. The van der Waals surface area contributed by atoms with Crippen molar-refractivity contribution in [1.29, 1.82) is 0 Å². The van der Waals surface area contributed by atoms with Gasteiger partial charge in [-0.25, -0.2) is 0 Å². The lowest BCUT2D eigenvalue weighted by Crippen LogP contribution is -2.47. The Hall–Kier alpha value is -1.76. The molecule has 0 N–H and O–H groups in total. The Morgan fingerprint density at radius 3 is 3.04 bits per heavy atom. The molecule has 2 aromatic heterocycles. The first kappa shape index (κ1) is 17.6. The molecular weight excluding hydrogens is 330 g/mol. The third kappa shape index (κ3) is 4.14. The third-order valence-electron chi connectivity index (χ3n) is 5.27. The van der Waals surface area contributed by atoms with Gasteiger partial charge in [0, 0.05) is 31.3 Å². The topological polar surface area (TPSA) is 60.6 Å². The number of rotatable bonds is 5. The molecular formula is C20H27N3O3. The molecule has 0 saturated carbocycles. The van der Waals surface area contributed by atoms with Gasteiger partial charge in [0.05, 0.1) is 36.3 Å². The van der Waals surface area contributed by atoms with Gasteiger partial charge in [-0.2, -0.15) is 0 Å². The molecule has 26 heavy (non-hydrogen) atoms. The van der Waals surface area contributed by atoms with Crippen LogP contribution in [0, 0.1) is 13.8 Å². The number of aryl methyl sites for hydroxylation is 2. The average molecular weight is 357 g/mol. The second-order valence-corrected chi connectivity index (χ2v) is 7.64. The quantitative estimate of drug-likeness (QED) is 0.820. The number of hydrogen-bond acceptors (Lipinski definition) is 6. The maximum atomic E-state index is 6.25.